The second-order valence-electron chi connectivity index (χ2n) is 6.26. The molecule has 8 heteroatoms. The van der Waals surface area contributed by atoms with Crippen molar-refractivity contribution in [3.05, 3.63) is 40.7 Å². The largest absolute Gasteiger partial charge is 0.481 e. The fourth-order valence-electron chi connectivity index (χ4n) is 3.20. The summed E-state index contributed by atoms with van der Waals surface area (Å²) >= 11 is 6.03. The molecule has 2 heterocycles. The zero-order chi connectivity index (χ0) is 18.1. The molecular formula is C17H19ClN4O3. The lowest BCUT2D eigenvalue weighted by Gasteiger charge is -2.15. The molecule has 2 atom stereocenters. The van der Waals surface area contributed by atoms with Crippen molar-refractivity contribution < 1.29 is 14.7 Å². The highest BCUT2D eigenvalue weighted by Crippen LogP contribution is 2.26. The van der Waals surface area contributed by atoms with Crippen LogP contribution in [0.1, 0.15) is 30.0 Å². The van der Waals surface area contributed by atoms with Gasteiger partial charge in [-0.3, -0.25) is 9.59 Å². The van der Waals surface area contributed by atoms with Gasteiger partial charge < -0.3 is 10.0 Å². The van der Waals surface area contributed by atoms with E-state index < -0.39 is 11.9 Å². The highest BCUT2D eigenvalue weighted by molar-refractivity contribution is 6.30. The Morgan fingerprint density at radius 2 is 2.12 bits per heavy atom. The van der Waals surface area contributed by atoms with Crippen LogP contribution in [0, 0.1) is 11.8 Å². The van der Waals surface area contributed by atoms with Gasteiger partial charge in [0.05, 0.1) is 17.3 Å². The van der Waals surface area contributed by atoms with Gasteiger partial charge in [0.25, 0.3) is 5.91 Å². The molecule has 1 amide bonds. The van der Waals surface area contributed by atoms with Crippen LogP contribution in [0.15, 0.2) is 24.3 Å². The number of halogens is 1. The third-order valence-electron chi connectivity index (χ3n) is 4.57. The Bertz CT molecular complexity index is 820. The van der Waals surface area contributed by atoms with E-state index in [0.29, 0.717) is 23.7 Å². The van der Waals surface area contributed by atoms with Crippen molar-refractivity contribution in [1.29, 1.82) is 0 Å². The van der Waals surface area contributed by atoms with Crippen molar-refractivity contribution in [1.82, 2.24) is 19.9 Å². The molecule has 0 aliphatic carbocycles. The molecule has 0 unspecified atom stereocenters. The van der Waals surface area contributed by atoms with Crippen LogP contribution < -0.4 is 0 Å². The van der Waals surface area contributed by atoms with E-state index in [1.165, 1.54) is 0 Å². The Kier molecular flexibility index (Phi) is 4.76. The molecule has 0 bridgehead atoms. The van der Waals surface area contributed by atoms with Crippen LogP contribution in [0.2, 0.25) is 5.02 Å². The van der Waals surface area contributed by atoms with Crippen molar-refractivity contribution in [3.63, 3.8) is 0 Å². The lowest BCUT2D eigenvalue weighted by Crippen LogP contribution is -2.31. The quantitative estimate of drug-likeness (QED) is 0.901. The van der Waals surface area contributed by atoms with Crippen LogP contribution >= 0.6 is 11.6 Å². The van der Waals surface area contributed by atoms with Crippen molar-refractivity contribution in [3.8, 4) is 5.69 Å². The van der Waals surface area contributed by atoms with Crippen molar-refractivity contribution in [2.24, 2.45) is 11.8 Å². The first kappa shape index (κ1) is 17.4. The van der Waals surface area contributed by atoms with Crippen LogP contribution in [0.5, 0.6) is 0 Å². The SMILES string of the molecule is CCc1c(C(=O)N2C[C@@H](C)[C@H](C(=O)O)C2)nnn1-c1cccc(Cl)c1. The van der Waals surface area contributed by atoms with Crippen molar-refractivity contribution >= 4 is 23.5 Å². The van der Waals surface area contributed by atoms with E-state index in [9.17, 15) is 14.7 Å². The number of nitrogens with zero attached hydrogens (tertiary/aromatic N) is 4. The number of carboxylic acids is 1. The molecule has 1 aliphatic rings. The third kappa shape index (κ3) is 3.24. The van der Waals surface area contributed by atoms with Crippen LogP contribution in [-0.2, 0) is 11.2 Å². The van der Waals surface area contributed by atoms with Gasteiger partial charge in [-0.15, -0.1) is 5.10 Å². The van der Waals surface area contributed by atoms with Gasteiger partial charge in [-0.25, -0.2) is 4.68 Å². The number of carbonyl (C=O) groups excluding carboxylic acids is 1. The molecule has 1 N–H and O–H groups in total. The number of carbonyl (C=O) groups is 2. The second kappa shape index (κ2) is 6.84. The van der Waals surface area contributed by atoms with Gasteiger partial charge in [0.2, 0.25) is 0 Å². The number of benzene rings is 1. The molecular weight excluding hydrogens is 344 g/mol. The Morgan fingerprint density at radius 1 is 1.36 bits per heavy atom. The molecule has 1 aromatic carbocycles. The molecule has 0 spiro atoms. The number of hydrogen-bond acceptors (Lipinski definition) is 4. The van der Waals surface area contributed by atoms with Crippen LogP contribution in [0.25, 0.3) is 5.69 Å². The van der Waals surface area contributed by atoms with Gasteiger partial charge in [-0.1, -0.05) is 36.7 Å². The summed E-state index contributed by atoms with van der Waals surface area (Å²) in [5.41, 5.74) is 1.67. The average molecular weight is 363 g/mol. The fraction of sp³-hybridized carbons (Fsp3) is 0.412. The standard InChI is InChI=1S/C17H19ClN4O3/c1-3-14-15(16(23)21-8-10(2)13(9-21)17(24)25)19-20-22(14)12-6-4-5-11(18)7-12/h4-7,10,13H,3,8-9H2,1-2H3,(H,24,25)/t10-,13-/m1/s1. The summed E-state index contributed by atoms with van der Waals surface area (Å²) in [6.07, 6.45) is 0.562. The van der Waals surface area contributed by atoms with E-state index >= 15 is 0 Å². The first-order valence-corrected chi connectivity index (χ1v) is 8.52. The van der Waals surface area contributed by atoms with E-state index in [0.717, 1.165) is 5.69 Å². The predicted octanol–water partition coefficient (Wildman–Crippen LogP) is 2.28. The predicted molar refractivity (Wildman–Crippen MR) is 91.9 cm³/mol. The minimum Gasteiger partial charge on any atom is -0.481 e. The number of rotatable bonds is 4. The molecule has 2 aromatic rings. The highest BCUT2D eigenvalue weighted by atomic mass is 35.5. The summed E-state index contributed by atoms with van der Waals surface area (Å²) < 4.78 is 1.60. The van der Waals surface area contributed by atoms with Gasteiger partial charge in [0, 0.05) is 18.1 Å². The normalized spacial score (nSPS) is 20.0. The Labute approximate surface area is 150 Å². The summed E-state index contributed by atoms with van der Waals surface area (Å²) in [5, 5.41) is 18.0. The number of aliphatic carboxylic acids is 1. The zero-order valence-electron chi connectivity index (χ0n) is 14.0. The Hall–Kier alpha value is -2.41. The molecule has 3 rings (SSSR count). The fourth-order valence-corrected chi connectivity index (χ4v) is 3.39. The molecule has 7 nitrogen and oxygen atoms in total. The maximum absolute atomic E-state index is 12.8. The maximum Gasteiger partial charge on any atom is 0.308 e. The average Bonchev–Trinajstić information content (AvgIpc) is 3.17. The molecule has 1 fully saturated rings. The highest BCUT2D eigenvalue weighted by Gasteiger charge is 2.38. The van der Waals surface area contributed by atoms with Gasteiger partial charge in [-0.05, 0) is 30.5 Å². The molecule has 1 aromatic heterocycles. The minimum atomic E-state index is -0.874. The summed E-state index contributed by atoms with van der Waals surface area (Å²) in [7, 11) is 0. The number of amides is 1. The number of likely N-dealkylation sites (tertiary alicyclic amines) is 1. The van der Waals surface area contributed by atoms with E-state index in [2.05, 4.69) is 10.3 Å². The van der Waals surface area contributed by atoms with Crippen molar-refractivity contribution in [2.45, 2.75) is 20.3 Å². The van der Waals surface area contributed by atoms with E-state index in [1.807, 2.05) is 19.9 Å². The molecule has 1 aliphatic heterocycles. The second-order valence-corrected chi connectivity index (χ2v) is 6.70. The number of carboxylic acid groups (broad SMARTS) is 1. The summed E-state index contributed by atoms with van der Waals surface area (Å²) in [6.45, 7) is 4.37. The van der Waals surface area contributed by atoms with Gasteiger partial charge in [0.15, 0.2) is 5.69 Å². The molecule has 1 saturated heterocycles. The number of aromatic nitrogens is 3. The first-order valence-electron chi connectivity index (χ1n) is 8.15. The first-order chi connectivity index (χ1) is 11.9. The lowest BCUT2D eigenvalue weighted by atomic mass is 9.99. The van der Waals surface area contributed by atoms with Gasteiger partial charge in [0.1, 0.15) is 0 Å². The molecule has 0 radical (unpaired) electrons. The van der Waals surface area contributed by atoms with Crippen LogP contribution in [0.4, 0.5) is 0 Å². The molecule has 0 saturated carbocycles. The van der Waals surface area contributed by atoms with Crippen molar-refractivity contribution in [2.75, 3.05) is 13.1 Å². The monoisotopic (exact) mass is 362 g/mol. The van der Waals surface area contributed by atoms with E-state index in [1.54, 1.807) is 27.8 Å². The zero-order valence-corrected chi connectivity index (χ0v) is 14.8. The van der Waals surface area contributed by atoms with E-state index in [-0.39, 0.29) is 24.1 Å². The Morgan fingerprint density at radius 3 is 2.72 bits per heavy atom. The molecule has 25 heavy (non-hydrogen) atoms. The summed E-state index contributed by atoms with van der Waals surface area (Å²) in [4.78, 5) is 25.7. The van der Waals surface area contributed by atoms with Crippen LogP contribution in [0.3, 0.4) is 0 Å². The van der Waals surface area contributed by atoms with Gasteiger partial charge in [-0.2, -0.15) is 0 Å². The van der Waals surface area contributed by atoms with Gasteiger partial charge >= 0.3 is 5.97 Å². The topological polar surface area (TPSA) is 88.3 Å². The van der Waals surface area contributed by atoms with Crippen LogP contribution in [-0.4, -0.2) is 50.0 Å². The maximum atomic E-state index is 12.8. The smallest absolute Gasteiger partial charge is 0.308 e. The summed E-state index contributed by atoms with van der Waals surface area (Å²) in [5.74, 6) is -1.78. The van der Waals surface area contributed by atoms with E-state index in [4.69, 9.17) is 11.6 Å². The number of hydrogen-bond donors (Lipinski definition) is 1. The lowest BCUT2D eigenvalue weighted by molar-refractivity contribution is -0.142. The minimum absolute atomic E-state index is 0.0884. The molecule has 132 valence electrons. The summed E-state index contributed by atoms with van der Waals surface area (Å²) in [6, 6.07) is 7.16. The third-order valence-corrected chi connectivity index (χ3v) is 4.81. The Balaban J connectivity index is 1.91.